The van der Waals surface area contributed by atoms with Crippen LogP contribution in [0.3, 0.4) is 0 Å². The van der Waals surface area contributed by atoms with Crippen molar-refractivity contribution >= 4 is 101 Å². The molecule has 2 aliphatic rings. The van der Waals surface area contributed by atoms with Gasteiger partial charge in [-0.15, -0.1) is 22.7 Å². The number of rotatable bonds is 6. The summed E-state index contributed by atoms with van der Waals surface area (Å²) in [6, 6.07) is 18.4. The number of fused-ring (bicyclic) bond motifs is 2. The fourth-order valence-corrected chi connectivity index (χ4v) is 9.61. The number of hydrogen-bond donors (Lipinski definition) is 0. The standard InChI is InChI=1S/C44H34N2O8S2/c1-43(2,3)53-31(47)19-45-39(49)23-13-11-21-34-26(30-10-8-16-56-30)18-28-36-24(40(50)46(42(28)52)20-32(48)54-44(4,5)6)14-12-22(38(34)36)33-25(29-9-7-15-55-29)17-27(41(45)51)35(23)37(21)33/h7-18H,19-20H2,1-6H3. The number of imide groups is 2. The van der Waals surface area contributed by atoms with Gasteiger partial charge in [-0.3, -0.25) is 38.6 Å². The Hall–Kier alpha value is -5.98. The minimum absolute atomic E-state index is 0.274. The molecule has 0 atom stereocenters. The molecule has 2 aliphatic heterocycles. The maximum absolute atomic E-state index is 14.4. The van der Waals surface area contributed by atoms with Crippen molar-refractivity contribution in [2.75, 3.05) is 13.1 Å². The first-order chi connectivity index (χ1) is 26.5. The number of hydrogen-bond acceptors (Lipinski definition) is 10. The van der Waals surface area contributed by atoms with E-state index in [1.54, 1.807) is 65.8 Å². The number of benzene rings is 5. The van der Waals surface area contributed by atoms with E-state index in [1.807, 2.05) is 47.2 Å². The fourth-order valence-electron chi connectivity index (χ4n) is 8.11. The van der Waals surface area contributed by atoms with E-state index in [0.717, 1.165) is 52.2 Å². The summed E-state index contributed by atoms with van der Waals surface area (Å²) in [5, 5.41) is 9.18. The second-order valence-electron chi connectivity index (χ2n) is 16.0. The molecule has 0 bridgehead atoms. The molecule has 56 heavy (non-hydrogen) atoms. The summed E-state index contributed by atoms with van der Waals surface area (Å²) < 4.78 is 11.0. The molecule has 4 heterocycles. The monoisotopic (exact) mass is 782 g/mol. The number of carbonyl (C=O) groups excluding carboxylic acids is 6. The normalized spacial score (nSPS) is 14.6. The van der Waals surface area contributed by atoms with E-state index in [0.29, 0.717) is 21.5 Å². The molecule has 0 saturated heterocycles. The molecule has 0 fully saturated rings. The molecule has 9 rings (SSSR count). The number of ether oxygens (including phenoxy) is 2. The highest BCUT2D eigenvalue weighted by Gasteiger charge is 2.40. The Bertz CT molecular complexity index is 2700. The topological polar surface area (TPSA) is 127 Å². The van der Waals surface area contributed by atoms with E-state index in [9.17, 15) is 28.8 Å². The lowest BCUT2D eigenvalue weighted by Crippen LogP contribution is -2.45. The average molecular weight is 783 g/mol. The summed E-state index contributed by atoms with van der Waals surface area (Å²) in [5.41, 5.74) is 0.931. The number of thiophene rings is 2. The van der Waals surface area contributed by atoms with E-state index in [1.165, 1.54) is 22.7 Å². The molecule has 280 valence electrons. The van der Waals surface area contributed by atoms with Crippen LogP contribution in [0.25, 0.3) is 64.0 Å². The van der Waals surface area contributed by atoms with E-state index in [-0.39, 0.29) is 22.3 Å². The van der Waals surface area contributed by atoms with E-state index < -0.39 is 59.9 Å². The van der Waals surface area contributed by atoms with E-state index >= 15 is 0 Å². The molecule has 12 heteroatoms. The minimum Gasteiger partial charge on any atom is -0.459 e. The summed E-state index contributed by atoms with van der Waals surface area (Å²) in [5.74, 6) is -3.82. The smallest absolute Gasteiger partial charge is 0.326 e. The zero-order valence-corrected chi connectivity index (χ0v) is 33.0. The predicted molar refractivity (Wildman–Crippen MR) is 217 cm³/mol. The molecule has 2 aromatic heterocycles. The molecule has 4 amide bonds. The quantitative estimate of drug-likeness (QED) is 0.0708. The molecule has 7 aromatic rings. The van der Waals surface area contributed by atoms with Gasteiger partial charge in [0, 0.05) is 53.9 Å². The number of carbonyl (C=O) groups is 6. The van der Waals surface area contributed by atoms with Crippen molar-refractivity contribution < 1.29 is 38.2 Å². The second kappa shape index (κ2) is 12.3. The van der Waals surface area contributed by atoms with Crippen molar-refractivity contribution in [2.24, 2.45) is 0 Å². The molecule has 0 unspecified atom stereocenters. The molecular formula is C44H34N2O8S2. The molecule has 0 radical (unpaired) electrons. The van der Waals surface area contributed by atoms with Crippen LogP contribution in [-0.2, 0) is 19.1 Å². The first kappa shape index (κ1) is 35.7. The van der Waals surface area contributed by atoms with Crippen molar-refractivity contribution in [1.82, 2.24) is 9.80 Å². The third-order valence-corrected chi connectivity index (χ3v) is 11.8. The van der Waals surface area contributed by atoms with Crippen LogP contribution >= 0.6 is 22.7 Å². The van der Waals surface area contributed by atoms with Crippen molar-refractivity contribution in [3.8, 4) is 20.9 Å². The first-order valence-electron chi connectivity index (χ1n) is 18.0. The summed E-state index contributed by atoms with van der Waals surface area (Å²) >= 11 is 2.97. The number of amides is 4. The minimum atomic E-state index is -0.815. The van der Waals surface area contributed by atoms with Gasteiger partial charge in [0.05, 0.1) is 0 Å². The maximum Gasteiger partial charge on any atom is 0.326 e. The van der Waals surface area contributed by atoms with Gasteiger partial charge in [0.2, 0.25) is 0 Å². The van der Waals surface area contributed by atoms with Crippen molar-refractivity contribution in [2.45, 2.75) is 52.7 Å². The SMILES string of the molecule is CC(C)(C)OC(=O)CN1C(=O)c2ccc3c4c(-c5cccs5)cc5c6c(ccc(c7c(-c8cccs8)cc(c2c37)C1=O)c64)C(=O)N(CC(=O)OC(C)(C)C)C5=O. The predicted octanol–water partition coefficient (Wildman–Crippen LogP) is 9.07. The largest absolute Gasteiger partial charge is 0.459 e. The lowest BCUT2D eigenvalue weighted by molar-refractivity contribution is -0.156. The Balaban J connectivity index is 1.37. The number of esters is 2. The third kappa shape index (κ3) is 5.42. The highest BCUT2D eigenvalue weighted by Crippen LogP contribution is 2.52. The molecule has 0 spiro atoms. The highest BCUT2D eigenvalue weighted by molar-refractivity contribution is 7.14. The van der Waals surface area contributed by atoms with Gasteiger partial charge in [-0.1, -0.05) is 24.3 Å². The van der Waals surface area contributed by atoms with E-state index in [2.05, 4.69) is 0 Å². The molecule has 0 N–H and O–H groups in total. The summed E-state index contributed by atoms with van der Waals surface area (Å²) in [6.07, 6.45) is 0. The van der Waals surface area contributed by atoms with Crippen LogP contribution in [0.2, 0.25) is 0 Å². The molecule has 5 aromatic carbocycles. The van der Waals surface area contributed by atoms with Gasteiger partial charge in [0.25, 0.3) is 23.6 Å². The van der Waals surface area contributed by atoms with Crippen molar-refractivity contribution in [1.29, 1.82) is 0 Å². The Labute approximate surface area is 328 Å². The molecular weight excluding hydrogens is 749 g/mol. The Kier molecular flexibility index (Phi) is 7.82. The van der Waals surface area contributed by atoms with Crippen molar-refractivity contribution in [3.63, 3.8) is 0 Å². The van der Waals surface area contributed by atoms with Crippen LogP contribution < -0.4 is 0 Å². The van der Waals surface area contributed by atoms with Crippen molar-refractivity contribution in [3.05, 3.63) is 93.7 Å². The van der Waals surface area contributed by atoms with Gasteiger partial charge in [-0.2, -0.15) is 0 Å². The van der Waals surface area contributed by atoms with E-state index in [4.69, 9.17) is 9.47 Å². The van der Waals surface area contributed by atoms with Gasteiger partial charge in [-0.05, 0) is 121 Å². The van der Waals surface area contributed by atoms with Crippen LogP contribution in [0.5, 0.6) is 0 Å². The van der Waals surface area contributed by atoms with Gasteiger partial charge < -0.3 is 9.47 Å². The van der Waals surface area contributed by atoms with Crippen LogP contribution in [0.4, 0.5) is 0 Å². The first-order valence-corrected chi connectivity index (χ1v) is 19.8. The Morgan fingerprint density at radius 2 is 0.875 bits per heavy atom. The lowest BCUT2D eigenvalue weighted by atomic mass is 9.79. The summed E-state index contributed by atoms with van der Waals surface area (Å²) in [6.45, 7) is 9.24. The van der Waals surface area contributed by atoms with Crippen LogP contribution in [0.1, 0.15) is 83.0 Å². The average Bonchev–Trinajstić information content (AvgIpc) is 3.86. The van der Waals surface area contributed by atoms with Gasteiger partial charge in [0.1, 0.15) is 24.3 Å². The van der Waals surface area contributed by atoms with Crippen LogP contribution in [0.15, 0.2) is 71.4 Å². The van der Waals surface area contributed by atoms with Gasteiger partial charge in [-0.25, -0.2) is 0 Å². The highest BCUT2D eigenvalue weighted by atomic mass is 32.1. The molecule has 10 nitrogen and oxygen atoms in total. The molecule has 0 saturated carbocycles. The van der Waals surface area contributed by atoms with Gasteiger partial charge in [0.15, 0.2) is 0 Å². The lowest BCUT2D eigenvalue weighted by Gasteiger charge is -2.31. The Morgan fingerprint density at radius 3 is 1.21 bits per heavy atom. The fraction of sp³-hybridized carbons (Fsp3) is 0.227. The Morgan fingerprint density at radius 1 is 0.500 bits per heavy atom. The van der Waals surface area contributed by atoms with Crippen LogP contribution in [0, 0.1) is 0 Å². The number of nitrogens with zero attached hydrogens (tertiary/aromatic N) is 2. The third-order valence-electron chi connectivity index (χ3n) is 9.99. The second-order valence-corrected chi connectivity index (χ2v) is 17.9. The zero-order valence-electron chi connectivity index (χ0n) is 31.3. The summed E-state index contributed by atoms with van der Waals surface area (Å²) in [4.78, 5) is 86.9. The molecule has 0 aliphatic carbocycles. The zero-order chi connectivity index (χ0) is 39.6. The summed E-state index contributed by atoms with van der Waals surface area (Å²) in [7, 11) is 0. The maximum atomic E-state index is 14.4. The van der Waals surface area contributed by atoms with Crippen LogP contribution in [-0.4, -0.2) is 69.7 Å². The van der Waals surface area contributed by atoms with Gasteiger partial charge >= 0.3 is 11.9 Å².